The summed E-state index contributed by atoms with van der Waals surface area (Å²) < 4.78 is 18.8. The SMILES string of the molecule is C/C(O)=c1\cc(C(=O)Nc2cc(CON3CCCN3)cc(-c3cnn(C)c3)c2F)c2cc(=O)ccn12. The van der Waals surface area contributed by atoms with Crippen LogP contribution in [0.4, 0.5) is 10.1 Å². The van der Waals surface area contributed by atoms with E-state index in [0.717, 1.165) is 19.5 Å². The van der Waals surface area contributed by atoms with Gasteiger partial charge in [-0.3, -0.25) is 19.1 Å². The molecule has 1 aliphatic heterocycles. The summed E-state index contributed by atoms with van der Waals surface area (Å²) in [5, 5.41) is 18.8. The number of carbonyl (C=O) groups is 1. The predicted molar refractivity (Wildman–Crippen MR) is 131 cm³/mol. The predicted octanol–water partition coefficient (Wildman–Crippen LogP) is 2.14. The molecule has 1 fully saturated rings. The molecule has 1 amide bonds. The van der Waals surface area contributed by atoms with Gasteiger partial charge in [0.15, 0.2) is 11.2 Å². The van der Waals surface area contributed by atoms with E-state index in [1.54, 1.807) is 35.4 Å². The molecule has 5 rings (SSSR count). The first-order chi connectivity index (χ1) is 17.3. The molecule has 10 nitrogen and oxygen atoms in total. The van der Waals surface area contributed by atoms with Crippen LogP contribution in [-0.4, -0.2) is 43.5 Å². The van der Waals surface area contributed by atoms with Gasteiger partial charge in [-0.15, -0.1) is 5.17 Å². The van der Waals surface area contributed by atoms with Crippen LogP contribution in [0.25, 0.3) is 22.4 Å². The summed E-state index contributed by atoms with van der Waals surface area (Å²) in [5.41, 5.74) is 4.63. The van der Waals surface area contributed by atoms with Crippen molar-refractivity contribution in [3.63, 3.8) is 0 Å². The zero-order valence-corrected chi connectivity index (χ0v) is 19.8. The molecule has 1 aromatic carbocycles. The van der Waals surface area contributed by atoms with Crippen LogP contribution in [0, 0.1) is 5.82 Å². The molecule has 3 N–H and O–H groups in total. The fourth-order valence-corrected chi connectivity index (χ4v) is 4.23. The van der Waals surface area contributed by atoms with Crippen LogP contribution in [0.15, 0.2) is 53.7 Å². The van der Waals surface area contributed by atoms with Crippen LogP contribution in [0.3, 0.4) is 0 Å². The number of aliphatic hydroxyl groups is 1. The lowest BCUT2D eigenvalue weighted by Crippen LogP contribution is -2.30. The fraction of sp³-hybridized carbons (Fsp3) is 0.240. The number of nitrogens with zero attached hydrogens (tertiary/aromatic N) is 4. The van der Waals surface area contributed by atoms with E-state index in [9.17, 15) is 14.7 Å². The number of aromatic nitrogens is 3. The molecule has 4 heterocycles. The number of hydrogen-bond donors (Lipinski definition) is 3. The minimum atomic E-state index is -0.627. The second-order valence-electron chi connectivity index (χ2n) is 8.65. The number of halogens is 1. The number of aryl methyl sites for hydroxylation is 1. The number of amides is 1. The second-order valence-corrected chi connectivity index (χ2v) is 8.65. The van der Waals surface area contributed by atoms with Gasteiger partial charge < -0.3 is 14.8 Å². The minimum Gasteiger partial charge on any atom is -0.510 e. The van der Waals surface area contributed by atoms with Crippen LogP contribution in [0.2, 0.25) is 0 Å². The molecule has 36 heavy (non-hydrogen) atoms. The Labute approximate surface area is 205 Å². The molecule has 11 heteroatoms. The van der Waals surface area contributed by atoms with E-state index in [0.29, 0.717) is 22.0 Å². The topological polar surface area (TPSA) is 113 Å². The highest BCUT2D eigenvalue weighted by Gasteiger charge is 2.20. The first-order valence-corrected chi connectivity index (χ1v) is 11.4. The summed E-state index contributed by atoms with van der Waals surface area (Å²) in [4.78, 5) is 31.0. The van der Waals surface area contributed by atoms with Crippen molar-refractivity contribution in [3.05, 3.63) is 81.4 Å². The number of nitrogens with one attached hydrogen (secondary N) is 2. The van der Waals surface area contributed by atoms with E-state index in [1.807, 2.05) is 0 Å². The third-order valence-corrected chi connectivity index (χ3v) is 5.97. The van der Waals surface area contributed by atoms with Crippen LogP contribution >= 0.6 is 0 Å². The smallest absolute Gasteiger partial charge is 0.257 e. The summed E-state index contributed by atoms with van der Waals surface area (Å²) >= 11 is 0. The minimum absolute atomic E-state index is 0.0255. The number of rotatable bonds is 6. The third-order valence-electron chi connectivity index (χ3n) is 5.97. The Hall–Kier alpha value is -4.06. The number of fused-ring (bicyclic) bond motifs is 1. The second kappa shape index (κ2) is 9.53. The largest absolute Gasteiger partial charge is 0.510 e. The Morgan fingerprint density at radius 2 is 2.14 bits per heavy atom. The molecule has 3 aromatic heterocycles. The van der Waals surface area contributed by atoms with Crippen molar-refractivity contribution in [2.45, 2.75) is 20.0 Å². The Kier molecular flexibility index (Phi) is 6.27. The molecule has 1 saturated heterocycles. The van der Waals surface area contributed by atoms with E-state index in [2.05, 4.69) is 15.8 Å². The molecule has 0 bridgehead atoms. The Morgan fingerprint density at radius 3 is 2.83 bits per heavy atom. The van der Waals surface area contributed by atoms with E-state index < -0.39 is 11.7 Å². The average Bonchev–Trinajstić information content (AvgIpc) is 3.59. The zero-order chi connectivity index (χ0) is 25.4. The molecule has 0 atom stereocenters. The van der Waals surface area contributed by atoms with Gasteiger partial charge in [0, 0.05) is 55.8 Å². The third kappa shape index (κ3) is 4.59. The van der Waals surface area contributed by atoms with Crippen LogP contribution < -0.4 is 21.5 Å². The lowest BCUT2D eigenvalue weighted by Gasteiger charge is -2.17. The number of carbonyl (C=O) groups excluding carboxylic acids is 1. The van der Waals surface area contributed by atoms with Crippen molar-refractivity contribution in [1.82, 2.24) is 24.8 Å². The summed E-state index contributed by atoms with van der Waals surface area (Å²) in [5.74, 6) is -1.28. The zero-order valence-electron chi connectivity index (χ0n) is 19.8. The highest BCUT2D eigenvalue weighted by Crippen LogP contribution is 2.30. The van der Waals surface area contributed by atoms with Gasteiger partial charge >= 0.3 is 0 Å². The molecule has 0 saturated carbocycles. The van der Waals surface area contributed by atoms with Gasteiger partial charge in [-0.2, -0.15) is 5.10 Å². The molecular weight excluding hydrogens is 467 g/mol. The van der Waals surface area contributed by atoms with Crippen molar-refractivity contribution in [2.24, 2.45) is 7.05 Å². The van der Waals surface area contributed by atoms with Crippen LogP contribution in [-0.2, 0) is 18.5 Å². The molecular formula is C25H25FN6O4. The monoisotopic (exact) mass is 492 g/mol. The summed E-state index contributed by atoms with van der Waals surface area (Å²) in [6.07, 6.45) is 5.66. The van der Waals surface area contributed by atoms with Gasteiger partial charge in [0.2, 0.25) is 0 Å². The maximum Gasteiger partial charge on any atom is 0.257 e. The number of hydrazine groups is 1. The molecule has 0 radical (unpaired) electrons. The number of benzene rings is 1. The maximum atomic E-state index is 15.7. The first-order valence-electron chi connectivity index (χ1n) is 11.4. The van der Waals surface area contributed by atoms with Gasteiger partial charge in [-0.25, -0.2) is 9.82 Å². The number of hydroxylamine groups is 1. The van der Waals surface area contributed by atoms with Crippen molar-refractivity contribution < 1.29 is 19.1 Å². The van der Waals surface area contributed by atoms with Gasteiger partial charge in [0.05, 0.1) is 34.9 Å². The highest BCUT2D eigenvalue weighted by atomic mass is 19.1. The lowest BCUT2D eigenvalue weighted by atomic mass is 10.0. The summed E-state index contributed by atoms with van der Waals surface area (Å²) in [6, 6.07) is 7.28. The standard InChI is InChI=1S/C25H25FN6O4/c1-15(33)22-11-20(23-10-18(34)4-7-31(22)23)25(35)29-21-9-16(14-36-32-6-3-5-27-32)8-19(24(21)26)17-12-28-30(2)13-17/h4,7-13,27,33H,3,5-6,14H2,1-2H3,(H,29,35)/b22-15-. The van der Waals surface area contributed by atoms with Crippen molar-refractivity contribution >= 4 is 22.9 Å². The van der Waals surface area contributed by atoms with Crippen molar-refractivity contribution in [3.8, 4) is 11.1 Å². The maximum absolute atomic E-state index is 15.7. The molecule has 0 spiro atoms. The number of pyridine rings is 1. The number of anilines is 1. The van der Waals surface area contributed by atoms with Gasteiger partial charge in [-0.05, 0) is 37.1 Å². The molecule has 0 unspecified atom stereocenters. The Bertz CT molecular complexity index is 1570. The fourth-order valence-electron chi connectivity index (χ4n) is 4.23. The average molecular weight is 493 g/mol. The number of hydrogen-bond acceptors (Lipinski definition) is 7. The molecule has 1 aliphatic rings. The van der Waals surface area contributed by atoms with E-state index >= 15 is 4.39 Å². The quantitative estimate of drug-likeness (QED) is 0.378. The van der Waals surface area contributed by atoms with E-state index in [-0.39, 0.29) is 34.6 Å². The van der Waals surface area contributed by atoms with E-state index in [1.165, 1.54) is 41.8 Å². The number of aliphatic hydroxyl groups excluding tert-OH is 1. The van der Waals surface area contributed by atoms with Crippen LogP contribution in [0.1, 0.15) is 29.3 Å². The van der Waals surface area contributed by atoms with Gasteiger partial charge in [0.25, 0.3) is 5.91 Å². The summed E-state index contributed by atoms with van der Waals surface area (Å²) in [7, 11) is 1.73. The van der Waals surface area contributed by atoms with Gasteiger partial charge in [0.1, 0.15) is 5.76 Å². The van der Waals surface area contributed by atoms with E-state index in [4.69, 9.17) is 4.84 Å². The normalized spacial score (nSPS) is 15.0. The first kappa shape index (κ1) is 23.7. The van der Waals surface area contributed by atoms with Gasteiger partial charge in [-0.1, -0.05) is 0 Å². The highest BCUT2D eigenvalue weighted by molar-refractivity contribution is 6.09. The Morgan fingerprint density at radius 1 is 1.31 bits per heavy atom. The van der Waals surface area contributed by atoms with Crippen molar-refractivity contribution in [1.29, 1.82) is 0 Å². The lowest BCUT2D eigenvalue weighted by molar-refractivity contribution is -0.186. The summed E-state index contributed by atoms with van der Waals surface area (Å²) in [6.45, 7) is 3.18. The molecule has 0 aliphatic carbocycles. The molecule has 4 aromatic rings. The Balaban J connectivity index is 1.54. The molecule has 186 valence electrons. The van der Waals surface area contributed by atoms with Crippen LogP contribution in [0.5, 0.6) is 0 Å². The van der Waals surface area contributed by atoms with Crippen molar-refractivity contribution in [2.75, 3.05) is 18.4 Å².